The van der Waals surface area contributed by atoms with Gasteiger partial charge in [-0.3, -0.25) is 4.79 Å². The first-order valence-electron chi connectivity index (χ1n) is 9.97. The number of amides is 1. The summed E-state index contributed by atoms with van der Waals surface area (Å²) < 4.78 is 10.5. The summed E-state index contributed by atoms with van der Waals surface area (Å²) in [5.74, 6) is -0.182. The second kappa shape index (κ2) is 9.26. The molecule has 31 heavy (non-hydrogen) atoms. The van der Waals surface area contributed by atoms with Gasteiger partial charge in [-0.2, -0.15) is 5.10 Å². The zero-order chi connectivity index (χ0) is 21.6. The molecule has 1 atom stereocenters. The normalized spacial score (nSPS) is 15.3. The van der Waals surface area contributed by atoms with Crippen LogP contribution in [-0.4, -0.2) is 36.3 Å². The van der Waals surface area contributed by atoms with Crippen molar-refractivity contribution in [3.8, 4) is 5.75 Å². The van der Waals surface area contributed by atoms with Crippen LogP contribution in [0.4, 0.5) is 0 Å². The van der Waals surface area contributed by atoms with Crippen LogP contribution >= 0.6 is 0 Å². The molecule has 0 bridgehead atoms. The Morgan fingerprint density at radius 1 is 0.935 bits per heavy atom. The number of carbonyl (C=O) groups is 2. The molecular formula is C25H22N2O4. The summed E-state index contributed by atoms with van der Waals surface area (Å²) in [5.41, 5.74) is 3.09. The molecule has 0 saturated carbocycles. The molecule has 0 fully saturated rings. The van der Waals surface area contributed by atoms with Gasteiger partial charge < -0.3 is 9.47 Å². The van der Waals surface area contributed by atoms with Crippen LogP contribution in [0.15, 0.2) is 90.0 Å². The number of carbonyl (C=O) groups excluding carboxylic acids is 2. The molecular weight excluding hydrogens is 392 g/mol. The molecule has 1 heterocycles. The number of methoxy groups -OCH3 is 1. The predicted molar refractivity (Wildman–Crippen MR) is 117 cm³/mol. The van der Waals surface area contributed by atoms with Gasteiger partial charge in [0.05, 0.1) is 24.4 Å². The minimum Gasteiger partial charge on any atom is -0.497 e. The largest absolute Gasteiger partial charge is 0.497 e. The summed E-state index contributed by atoms with van der Waals surface area (Å²) in [6.45, 7) is -0.383. The van der Waals surface area contributed by atoms with Gasteiger partial charge in [-0.1, -0.05) is 60.7 Å². The van der Waals surface area contributed by atoms with Gasteiger partial charge in [0.1, 0.15) is 5.75 Å². The first kappa shape index (κ1) is 20.3. The van der Waals surface area contributed by atoms with Crippen LogP contribution in [0.25, 0.3) is 0 Å². The van der Waals surface area contributed by atoms with Crippen LogP contribution in [0.1, 0.15) is 33.9 Å². The fraction of sp³-hybridized carbons (Fsp3) is 0.160. The van der Waals surface area contributed by atoms with E-state index in [-0.39, 0.29) is 18.6 Å². The molecule has 156 valence electrons. The third-order valence-corrected chi connectivity index (χ3v) is 5.11. The molecule has 4 rings (SSSR count). The highest BCUT2D eigenvalue weighted by atomic mass is 16.5. The minimum atomic E-state index is -0.540. The number of esters is 1. The van der Waals surface area contributed by atoms with Crippen molar-refractivity contribution >= 4 is 17.6 Å². The molecule has 6 nitrogen and oxygen atoms in total. The van der Waals surface area contributed by atoms with Crippen molar-refractivity contribution in [2.24, 2.45) is 5.10 Å². The Morgan fingerprint density at radius 3 is 2.23 bits per heavy atom. The average molecular weight is 414 g/mol. The SMILES string of the molecule is COc1ccc(C2CC(c3ccccc3)=NN2C(=O)COC(=O)c2ccccc2)cc1. The van der Waals surface area contributed by atoms with Crippen LogP contribution in [0, 0.1) is 0 Å². The lowest BCUT2D eigenvalue weighted by Crippen LogP contribution is -2.31. The van der Waals surface area contributed by atoms with Crippen molar-refractivity contribution < 1.29 is 19.1 Å². The monoisotopic (exact) mass is 414 g/mol. The van der Waals surface area contributed by atoms with Gasteiger partial charge in [-0.15, -0.1) is 0 Å². The van der Waals surface area contributed by atoms with E-state index in [0.29, 0.717) is 12.0 Å². The standard InChI is InChI=1S/C25H22N2O4/c1-30-21-14-12-19(13-15-21)23-16-22(18-8-4-2-5-9-18)26-27(23)24(28)17-31-25(29)20-10-6-3-7-11-20/h2-15,23H,16-17H2,1H3. The highest BCUT2D eigenvalue weighted by Crippen LogP contribution is 2.33. The summed E-state index contributed by atoms with van der Waals surface area (Å²) in [7, 11) is 1.61. The summed E-state index contributed by atoms with van der Waals surface area (Å²) in [4.78, 5) is 25.2. The van der Waals surface area contributed by atoms with E-state index in [2.05, 4.69) is 5.10 Å². The Kier molecular flexibility index (Phi) is 6.08. The van der Waals surface area contributed by atoms with E-state index in [1.165, 1.54) is 5.01 Å². The molecule has 0 saturated heterocycles. The Bertz CT molecular complexity index is 1080. The molecule has 0 aromatic heterocycles. The van der Waals surface area contributed by atoms with Gasteiger partial charge in [-0.25, -0.2) is 9.80 Å². The van der Waals surface area contributed by atoms with Crippen molar-refractivity contribution in [2.45, 2.75) is 12.5 Å². The van der Waals surface area contributed by atoms with Gasteiger partial charge in [-0.05, 0) is 35.4 Å². The molecule has 3 aromatic carbocycles. The molecule has 1 aliphatic rings. The first-order valence-corrected chi connectivity index (χ1v) is 9.97. The maximum absolute atomic E-state index is 13.0. The van der Waals surface area contributed by atoms with Crippen molar-refractivity contribution in [2.75, 3.05) is 13.7 Å². The second-order valence-electron chi connectivity index (χ2n) is 7.09. The topological polar surface area (TPSA) is 68.2 Å². The quantitative estimate of drug-likeness (QED) is 0.566. The molecule has 0 aliphatic carbocycles. The van der Waals surface area contributed by atoms with E-state index >= 15 is 0 Å². The van der Waals surface area contributed by atoms with Gasteiger partial charge in [0.15, 0.2) is 6.61 Å². The van der Waals surface area contributed by atoms with E-state index in [0.717, 1.165) is 22.6 Å². The van der Waals surface area contributed by atoms with E-state index in [1.54, 1.807) is 31.4 Å². The van der Waals surface area contributed by atoms with Gasteiger partial charge in [0.2, 0.25) is 0 Å². The molecule has 3 aromatic rings. The molecule has 1 aliphatic heterocycles. The number of hydrogen-bond acceptors (Lipinski definition) is 5. The Morgan fingerprint density at radius 2 is 1.58 bits per heavy atom. The molecule has 1 unspecified atom stereocenters. The summed E-state index contributed by atoms with van der Waals surface area (Å²) in [6.07, 6.45) is 0.564. The molecule has 0 spiro atoms. The van der Waals surface area contributed by atoms with Crippen molar-refractivity contribution in [3.05, 3.63) is 102 Å². The smallest absolute Gasteiger partial charge is 0.338 e. The first-order chi connectivity index (χ1) is 15.2. The summed E-state index contributed by atoms with van der Waals surface area (Å²) in [6, 6.07) is 25.6. The van der Waals surface area contributed by atoms with Crippen LogP contribution in [0.5, 0.6) is 5.75 Å². The van der Waals surface area contributed by atoms with Crippen molar-refractivity contribution in [3.63, 3.8) is 0 Å². The zero-order valence-corrected chi connectivity index (χ0v) is 17.1. The summed E-state index contributed by atoms with van der Waals surface area (Å²) >= 11 is 0. The molecule has 6 heteroatoms. The minimum absolute atomic E-state index is 0.288. The van der Waals surface area contributed by atoms with E-state index < -0.39 is 5.97 Å². The number of rotatable bonds is 6. The van der Waals surface area contributed by atoms with Gasteiger partial charge in [0, 0.05) is 6.42 Å². The Hall–Kier alpha value is -3.93. The Balaban J connectivity index is 1.54. The third kappa shape index (κ3) is 4.64. The lowest BCUT2D eigenvalue weighted by atomic mass is 9.98. The molecule has 1 amide bonds. The van der Waals surface area contributed by atoms with Crippen LogP contribution < -0.4 is 4.74 Å². The number of hydrogen-bond donors (Lipinski definition) is 0. The van der Waals surface area contributed by atoms with Crippen LogP contribution in [-0.2, 0) is 9.53 Å². The average Bonchev–Trinajstić information content (AvgIpc) is 3.29. The Labute approximate surface area is 180 Å². The fourth-order valence-electron chi connectivity index (χ4n) is 3.48. The zero-order valence-electron chi connectivity index (χ0n) is 17.1. The van der Waals surface area contributed by atoms with Gasteiger partial charge in [0.25, 0.3) is 5.91 Å². The van der Waals surface area contributed by atoms with Crippen molar-refractivity contribution in [1.29, 1.82) is 0 Å². The van der Waals surface area contributed by atoms with E-state index in [4.69, 9.17) is 9.47 Å². The third-order valence-electron chi connectivity index (χ3n) is 5.11. The van der Waals surface area contributed by atoms with Crippen LogP contribution in [0.3, 0.4) is 0 Å². The van der Waals surface area contributed by atoms with Crippen molar-refractivity contribution in [1.82, 2.24) is 5.01 Å². The lowest BCUT2D eigenvalue weighted by molar-refractivity contribution is -0.136. The van der Waals surface area contributed by atoms with Gasteiger partial charge >= 0.3 is 5.97 Å². The number of benzene rings is 3. The van der Waals surface area contributed by atoms with Crippen LogP contribution in [0.2, 0.25) is 0 Å². The molecule has 0 N–H and O–H groups in total. The number of ether oxygens (including phenoxy) is 2. The number of nitrogens with zero attached hydrogens (tertiary/aromatic N) is 2. The highest BCUT2D eigenvalue weighted by molar-refractivity contribution is 6.03. The predicted octanol–water partition coefficient (Wildman–Crippen LogP) is 4.23. The number of hydrazone groups is 1. The lowest BCUT2D eigenvalue weighted by Gasteiger charge is -2.22. The maximum Gasteiger partial charge on any atom is 0.338 e. The summed E-state index contributed by atoms with van der Waals surface area (Å²) in [5, 5.41) is 6.01. The maximum atomic E-state index is 13.0. The second-order valence-corrected chi connectivity index (χ2v) is 7.09. The molecule has 0 radical (unpaired) electrons. The fourth-order valence-corrected chi connectivity index (χ4v) is 3.48. The van der Waals surface area contributed by atoms with E-state index in [9.17, 15) is 9.59 Å². The van der Waals surface area contributed by atoms with E-state index in [1.807, 2.05) is 60.7 Å². The highest BCUT2D eigenvalue weighted by Gasteiger charge is 2.33.